The number of para-hydroxylation sites is 1. The molecule has 0 saturated carbocycles. The quantitative estimate of drug-likeness (QED) is 0.209. The molecule has 1 aromatic heterocycles. The van der Waals surface area contributed by atoms with Gasteiger partial charge in [0.1, 0.15) is 17.9 Å². The van der Waals surface area contributed by atoms with E-state index < -0.39 is 11.8 Å². The van der Waals surface area contributed by atoms with Gasteiger partial charge in [0, 0.05) is 74.4 Å². The van der Waals surface area contributed by atoms with E-state index >= 15 is 0 Å². The van der Waals surface area contributed by atoms with E-state index in [1.165, 1.54) is 11.0 Å². The minimum Gasteiger partial charge on any atom is -0.486 e. The van der Waals surface area contributed by atoms with Crippen molar-refractivity contribution < 1.29 is 28.7 Å². The summed E-state index contributed by atoms with van der Waals surface area (Å²) in [6.07, 6.45) is 6.54. The van der Waals surface area contributed by atoms with Crippen LogP contribution in [0.2, 0.25) is 0 Å². The van der Waals surface area contributed by atoms with Crippen LogP contribution in [0.3, 0.4) is 0 Å². The molecule has 0 aliphatic carbocycles. The predicted octanol–water partition coefficient (Wildman–Crippen LogP) is 5.30. The van der Waals surface area contributed by atoms with Gasteiger partial charge in [0.25, 0.3) is 0 Å². The Bertz CT molecular complexity index is 2130. The molecule has 0 atom stereocenters. The van der Waals surface area contributed by atoms with Crippen LogP contribution in [0.1, 0.15) is 55.3 Å². The highest BCUT2D eigenvalue weighted by Gasteiger charge is 2.33. The maximum Gasteiger partial charge on any atom is 0.246 e. The molecule has 5 amide bonds. The fourth-order valence-corrected chi connectivity index (χ4v) is 7.18. The molecule has 0 bridgehead atoms. The number of fused-ring (bicyclic) bond motifs is 1. The second-order valence-corrected chi connectivity index (χ2v) is 13.5. The number of pyridine rings is 1. The maximum absolute atomic E-state index is 13.7. The molecular weight excluding hydrogens is 672 g/mol. The number of amides is 5. The number of anilines is 4. The Labute approximate surface area is 308 Å². The zero-order chi connectivity index (χ0) is 37.1. The number of aromatic nitrogens is 1. The molecule has 3 aliphatic heterocycles. The average molecular weight is 715 g/mol. The van der Waals surface area contributed by atoms with Crippen LogP contribution >= 0.6 is 0 Å². The van der Waals surface area contributed by atoms with Crippen LogP contribution in [-0.2, 0) is 30.6 Å². The first-order valence-electron chi connectivity index (χ1n) is 18.1. The molecule has 0 radical (unpaired) electrons. The molecule has 272 valence electrons. The fourth-order valence-electron chi connectivity index (χ4n) is 7.18. The van der Waals surface area contributed by atoms with Crippen molar-refractivity contribution in [1.82, 2.24) is 10.3 Å². The Hall–Kier alpha value is -6.04. The van der Waals surface area contributed by atoms with Crippen LogP contribution in [0, 0.1) is 6.92 Å². The van der Waals surface area contributed by atoms with Crippen molar-refractivity contribution in [3.05, 3.63) is 89.6 Å². The molecule has 12 nitrogen and oxygen atoms in total. The minimum absolute atomic E-state index is 0.0136. The summed E-state index contributed by atoms with van der Waals surface area (Å²) in [5, 5.41) is 3.59. The van der Waals surface area contributed by atoms with E-state index in [-0.39, 0.29) is 30.9 Å². The van der Waals surface area contributed by atoms with Crippen molar-refractivity contribution >= 4 is 69.3 Å². The van der Waals surface area contributed by atoms with E-state index in [0.29, 0.717) is 85.6 Å². The van der Waals surface area contributed by atoms with E-state index in [2.05, 4.69) is 5.32 Å². The summed E-state index contributed by atoms with van der Waals surface area (Å²) in [7, 11) is 1.61. The summed E-state index contributed by atoms with van der Waals surface area (Å²) in [5.74, 6) is -0.275. The zero-order valence-corrected chi connectivity index (χ0v) is 30.0. The molecule has 7 rings (SSSR count). The van der Waals surface area contributed by atoms with Crippen LogP contribution in [0.5, 0.6) is 5.75 Å². The van der Waals surface area contributed by atoms with Crippen molar-refractivity contribution in [2.45, 2.75) is 52.1 Å². The summed E-state index contributed by atoms with van der Waals surface area (Å²) in [6.45, 7) is 3.32. The van der Waals surface area contributed by atoms with Gasteiger partial charge in [-0.25, -0.2) is 4.98 Å². The third-order valence-corrected chi connectivity index (χ3v) is 9.99. The molecule has 3 fully saturated rings. The lowest BCUT2D eigenvalue weighted by molar-refractivity contribution is -0.122. The average Bonchev–Trinajstić information content (AvgIpc) is 3.92. The first-order valence-corrected chi connectivity index (χ1v) is 18.1. The first kappa shape index (κ1) is 35.4. The highest BCUT2D eigenvalue weighted by Crippen LogP contribution is 2.42. The smallest absolute Gasteiger partial charge is 0.246 e. The summed E-state index contributed by atoms with van der Waals surface area (Å²) < 4.78 is 6.48. The number of carbonyl (C=O) groups is 5. The van der Waals surface area contributed by atoms with Crippen molar-refractivity contribution in [3.8, 4) is 5.75 Å². The largest absolute Gasteiger partial charge is 0.486 e. The monoisotopic (exact) mass is 714 g/mol. The van der Waals surface area contributed by atoms with Crippen molar-refractivity contribution in [2.75, 3.05) is 52.8 Å². The van der Waals surface area contributed by atoms with Gasteiger partial charge in [-0.2, -0.15) is 0 Å². The first-order chi connectivity index (χ1) is 25.7. The van der Waals surface area contributed by atoms with Crippen molar-refractivity contribution in [2.24, 2.45) is 0 Å². The summed E-state index contributed by atoms with van der Waals surface area (Å²) >= 11 is 0. The molecule has 3 saturated heterocycles. The Morgan fingerprint density at radius 2 is 1.51 bits per heavy atom. The molecule has 1 N–H and O–H groups in total. The van der Waals surface area contributed by atoms with E-state index in [1.54, 1.807) is 33.9 Å². The normalized spacial score (nSPS) is 16.0. The van der Waals surface area contributed by atoms with Crippen LogP contribution in [-0.4, -0.2) is 67.7 Å². The second-order valence-electron chi connectivity index (χ2n) is 13.5. The van der Waals surface area contributed by atoms with Gasteiger partial charge in [0.15, 0.2) is 0 Å². The molecule has 4 aromatic rings. The summed E-state index contributed by atoms with van der Waals surface area (Å²) in [6, 6.07) is 20.6. The molecule has 4 heterocycles. The Balaban J connectivity index is 1.13. The van der Waals surface area contributed by atoms with Gasteiger partial charge >= 0.3 is 0 Å². The number of nitrogens with one attached hydrogen (secondary N) is 1. The molecule has 12 heteroatoms. The molecule has 0 unspecified atom stereocenters. The third kappa shape index (κ3) is 7.48. The van der Waals surface area contributed by atoms with Crippen LogP contribution in [0.15, 0.2) is 72.8 Å². The van der Waals surface area contributed by atoms with E-state index in [4.69, 9.17) is 9.72 Å². The number of likely N-dealkylation sites (N-methyl/N-ethyl adjacent to an activating group) is 1. The lowest BCUT2D eigenvalue weighted by atomic mass is 10.1. The maximum atomic E-state index is 13.7. The standard InChI is InChI=1S/C41H42N6O6/c1-27-12-16-29-7-3-8-34(40(29)43-27)53-26-31-32(46-23-5-10-37(46)50)19-20-33(41(31)47-24-6-11-38(47)51)44(2)39(52)25-42-35(48)21-15-28-13-17-30(18-14-28)45-22-4-9-36(45)49/h3,7-8,12-21H,4-6,9-11,22-26H2,1-2H3,(H,42,48)/b21-15+. The number of hydrogen-bond donors (Lipinski definition) is 1. The molecule has 0 spiro atoms. The molecule has 3 aliphatic rings. The van der Waals surface area contributed by atoms with Gasteiger partial charge in [-0.15, -0.1) is 0 Å². The van der Waals surface area contributed by atoms with Gasteiger partial charge in [-0.1, -0.05) is 30.3 Å². The number of carbonyl (C=O) groups excluding carboxylic acids is 5. The van der Waals surface area contributed by atoms with Crippen LogP contribution in [0.4, 0.5) is 22.7 Å². The highest BCUT2D eigenvalue weighted by molar-refractivity contribution is 6.07. The van der Waals surface area contributed by atoms with E-state index in [1.807, 2.05) is 67.6 Å². The Kier molecular flexibility index (Phi) is 10.2. The highest BCUT2D eigenvalue weighted by atomic mass is 16.5. The van der Waals surface area contributed by atoms with Gasteiger partial charge in [0.2, 0.25) is 29.5 Å². The topological polar surface area (TPSA) is 132 Å². The second kappa shape index (κ2) is 15.3. The van der Waals surface area contributed by atoms with E-state index in [0.717, 1.165) is 28.8 Å². The summed E-state index contributed by atoms with van der Waals surface area (Å²) in [4.78, 5) is 76.3. The van der Waals surface area contributed by atoms with E-state index in [9.17, 15) is 24.0 Å². The van der Waals surface area contributed by atoms with Gasteiger partial charge in [-0.3, -0.25) is 24.0 Å². The lowest BCUT2D eigenvalue weighted by Gasteiger charge is -2.31. The number of ether oxygens (including phenoxy) is 1. The Morgan fingerprint density at radius 3 is 2.19 bits per heavy atom. The molecular formula is C41H42N6O6. The minimum atomic E-state index is -0.448. The van der Waals surface area contributed by atoms with Crippen LogP contribution < -0.4 is 29.7 Å². The Morgan fingerprint density at radius 1 is 0.830 bits per heavy atom. The number of nitrogens with zero attached hydrogens (tertiary/aromatic N) is 5. The number of rotatable bonds is 11. The number of aryl methyl sites for hydroxylation is 1. The third-order valence-electron chi connectivity index (χ3n) is 9.99. The molecule has 53 heavy (non-hydrogen) atoms. The number of benzene rings is 3. The lowest BCUT2D eigenvalue weighted by Crippen LogP contribution is -2.39. The number of hydrogen-bond acceptors (Lipinski definition) is 7. The van der Waals surface area contributed by atoms with Gasteiger partial charge in [-0.05, 0) is 74.2 Å². The van der Waals surface area contributed by atoms with Gasteiger partial charge < -0.3 is 29.7 Å². The molecule has 3 aromatic carbocycles. The van der Waals surface area contributed by atoms with Crippen molar-refractivity contribution in [1.29, 1.82) is 0 Å². The van der Waals surface area contributed by atoms with Gasteiger partial charge in [0.05, 0.1) is 23.6 Å². The fraction of sp³-hybridized carbons (Fsp3) is 0.317. The predicted molar refractivity (Wildman–Crippen MR) is 204 cm³/mol. The zero-order valence-electron chi connectivity index (χ0n) is 30.0. The summed E-state index contributed by atoms with van der Waals surface area (Å²) in [5.41, 5.74) is 5.37. The van der Waals surface area contributed by atoms with Crippen LogP contribution in [0.25, 0.3) is 17.0 Å². The van der Waals surface area contributed by atoms with Crippen molar-refractivity contribution in [3.63, 3.8) is 0 Å². The SMILES string of the molecule is Cc1ccc2cccc(OCc3c(N4CCCC4=O)ccc(N(C)C(=O)CNC(=O)/C=C/c4ccc(N5CCCC5=O)cc4)c3N3CCCC3=O)c2n1.